The van der Waals surface area contributed by atoms with Crippen LogP contribution in [0.15, 0.2) is 42.5 Å². The Morgan fingerprint density at radius 3 is 2.48 bits per heavy atom. The molecule has 2 aromatic carbocycles. The number of hydrogen-bond donors (Lipinski definition) is 2. The van der Waals surface area contributed by atoms with E-state index in [4.69, 9.17) is 21.1 Å². The summed E-state index contributed by atoms with van der Waals surface area (Å²) in [5.74, 6) is 1.17. The molecule has 2 rings (SSSR count). The third-order valence-electron chi connectivity index (χ3n) is 3.82. The molecule has 0 aliphatic rings. The number of ether oxygens (including phenoxy) is 2. The standard InChI is InChI=1S/C19H24ClNO3.ClH/c1-4-24-19-16(20)10-14(11-17(19)23-3)12-21-13(2)18(22)15-8-6-5-7-9-15;/h5-11,13,18,21-22H,4,12H2,1-3H3;1H. The first kappa shape index (κ1) is 21.6. The predicted octanol–water partition coefficient (Wildman–Crippen LogP) is 4.38. The molecule has 0 aromatic heterocycles. The molecule has 0 aliphatic carbocycles. The van der Waals surface area contributed by atoms with Gasteiger partial charge in [0.05, 0.1) is 24.8 Å². The Labute approximate surface area is 160 Å². The van der Waals surface area contributed by atoms with Gasteiger partial charge in [-0.3, -0.25) is 0 Å². The molecule has 4 nitrogen and oxygen atoms in total. The van der Waals surface area contributed by atoms with Crippen LogP contribution in [0, 0.1) is 0 Å². The van der Waals surface area contributed by atoms with E-state index < -0.39 is 6.10 Å². The molecule has 0 spiro atoms. The highest BCUT2D eigenvalue weighted by Gasteiger charge is 2.17. The summed E-state index contributed by atoms with van der Waals surface area (Å²) in [6.07, 6.45) is -0.578. The molecule has 2 atom stereocenters. The SMILES string of the molecule is CCOc1c(Cl)cc(CNC(C)C(O)c2ccccc2)cc1OC.Cl. The van der Waals surface area contributed by atoms with Crippen molar-refractivity contribution in [3.05, 3.63) is 58.6 Å². The predicted molar refractivity (Wildman–Crippen MR) is 104 cm³/mol. The van der Waals surface area contributed by atoms with E-state index in [-0.39, 0.29) is 18.4 Å². The van der Waals surface area contributed by atoms with Gasteiger partial charge in [0.1, 0.15) is 0 Å². The first-order valence-corrected chi connectivity index (χ1v) is 8.40. The molecule has 2 aromatic rings. The zero-order valence-corrected chi connectivity index (χ0v) is 16.2. The third kappa shape index (κ3) is 5.79. The molecular weight excluding hydrogens is 361 g/mol. The van der Waals surface area contributed by atoms with Crippen LogP contribution in [-0.4, -0.2) is 24.9 Å². The van der Waals surface area contributed by atoms with Crippen LogP contribution in [0.2, 0.25) is 5.02 Å². The van der Waals surface area contributed by atoms with Crippen molar-refractivity contribution in [3.63, 3.8) is 0 Å². The van der Waals surface area contributed by atoms with Gasteiger partial charge in [-0.25, -0.2) is 0 Å². The molecule has 6 heteroatoms. The molecule has 0 saturated heterocycles. The van der Waals surface area contributed by atoms with Gasteiger partial charge in [0.2, 0.25) is 0 Å². The lowest BCUT2D eigenvalue weighted by Crippen LogP contribution is -2.31. The van der Waals surface area contributed by atoms with Crippen LogP contribution >= 0.6 is 24.0 Å². The lowest BCUT2D eigenvalue weighted by atomic mass is 10.0. The Hall–Kier alpha value is -1.46. The maximum atomic E-state index is 10.4. The van der Waals surface area contributed by atoms with Crippen LogP contribution in [0.4, 0.5) is 0 Å². The van der Waals surface area contributed by atoms with Crippen LogP contribution in [0.5, 0.6) is 11.5 Å². The number of benzene rings is 2. The van der Waals surface area contributed by atoms with Gasteiger partial charge >= 0.3 is 0 Å². The molecule has 2 N–H and O–H groups in total. The van der Waals surface area contributed by atoms with Crippen molar-refractivity contribution in [1.29, 1.82) is 0 Å². The van der Waals surface area contributed by atoms with E-state index in [0.717, 1.165) is 11.1 Å². The van der Waals surface area contributed by atoms with Gasteiger partial charge in [-0.05, 0) is 37.1 Å². The van der Waals surface area contributed by atoms with Crippen molar-refractivity contribution in [2.75, 3.05) is 13.7 Å². The number of hydrogen-bond acceptors (Lipinski definition) is 4. The number of aliphatic hydroxyl groups excluding tert-OH is 1. The number of aliphatic hydroxyl groups is 1. The van der Waals surface area contributed by atoms with Crippen molar-refractivity contribution in [2.45, 2.75) is 32.5 Å². The van der Waals surface area contributed by atoms with E-state index in [1.165, 1.54) is 0 Å². The fourth-order valence-corrected chi connectivity index (χ4v) is 2.78. The first-order chi connectivity index (χ1) is 11.6. The Bertz CT molecular complexity index is 653. The zero-order chi connectivity index (χ0) is 17.5. The van der Waals surface area contributed by atoms with Gasteiger partial charge < -0.3 is 19.9 Å². The largest absolute Gasteiger partial charge is 0.493 e. The monoisotopic (exact) mass is 385 g/mol. The summed E-state index contributed by atoms with van der Waals surface area (Å²) < 4.78 is 10.9. The fraction of sp³-hybridized carbons (Fsp3) is 0.368. The molecule has 0 fully saturated rings. The molecule has 0 saturated carbocycles. The van der Waals surface area contributed by atoms with E-state index in [1.54, 1.807) is 7.11 Å². The topological polar surface area (TPSA) is 50.7 Å². The van der Waals surface area contributed by atoms with Crippen LogP contribution in [0.25, 0.3) is 0 Å². The second-order valence-corrected chi connectivity index (χ2v) is 5.97. The van der Waals surface area contributed by atoms with Gasteiger partial charge in [-0.1, -0.05) is 41.9 Å². The number of methoxy groups -OCH3 is 1. The smallest absolute Gasteiger partial charge is 0.179 e. The van der Waals surface area contributed by atoms with Crippen LogP contribution in [0.1, 0.15) is 31.1 Å². The quantitative estimate of drug-likeness (QED) is 0.707. The van der Waals surface area contributed by atoms with Crippen molar-refractivity contribution >= 4 is 24.0 Å². The second kappa shape index (κ2) is 10.5. The normalized spacial score (nSPS) is 12.8. The van der Waals surface area contributed by atoms with Crippen LogP contribution < -0.4 is 14.8 Å². The minimum atomic E-state index is -0.578. The molecule has 0 heterocycles. The highest BCUT2D eigenvalue weighted by Crippen LogP contribution is 2.36. The Morgan fingerprint density at radius 2 is 1.88 bits per heavy atom. The van der Waals surface area contributed by atoms with Crippen molar-refractivity contribution in [3.8, 4) is 11.5 Å². The lowest BCUT2D eigenvalue weighted by molar-refractivity contribution is 0.135. The zero-order valence-electron chi connectivity index (χ0n) is 14.7. The summed E-state index contributed by atoms with van der Waals surface area (Å²) in [7, 11) is 1.59. The minimum absolute atomic E-state index is 0. The molecule has 0 amide bonds. The van der Waals surface area contributed by atoms with Gasteiger partial charge in [0.15, 0.2) is 11.5 Å². The van der Waals surface area contributed by atoms with Crippen LogP contribution in [0.3, 0.4) is 0 Å². The summed E-state index contributed by atoms with van der Waals surface area (Å²) in [4.78, 5) is 0. The summed E-state index contributed by atoms with van der Waals surface area (Å²) in [5.41, 5.74) is 1.85. The molecule has 0 aliphatic heterocycles. The van der Waals surface area contributed by atoms with Gasteiger partial charge in [-0.15, -0.1) is 12.4 Å². The van der Waals surface area contributed by atoms with Crippen molar-refractivity contribution < 1.29 is 14.6 Å². The van der Waals surface area contributed by atoms with Gasteiger partial charge in [0.25, 0.3) is 0 Å². The van der Waals surface area contributed by atoms with E-state index >= 15 is 0 Å². The molecule has 0 radical (unpaired) electrons. The van der Waals surface area contributed by atoms with Gasteiger partial charge in [0, 0.05) is 12.6 Å². The van der Waals surface area contributed by atoms with Crippen molar-refractivity contribution in [2.24, 2.45) is 0 Å². The molecule has 138 valence electrons. The van der Waals surface area contributed by atoms with E-state index in [1.807, 2.05) is 56.3 Å². The fourth-order valence-electron chi connectivity index (χ4n) is 2.49. The van der Waals surface area contributed by atoms with Crippen molar-refractivity contribution in [1.82, 2.24) is 5.32 Å². The van der Waals surface area contributed by atoms with Gasteiger partial charge in [-0.2, -0.15) is 0 Å². The van der Waals surface area contributed by atoms with E-state index in [0.29, 0.717) is 29.7 Å². The second-order valence-electron chi connectivity index (χ2n) is 5.57. The Morgan fingerprint density at radius 1 is 1.20 bits per heavy atom. The maximum Gasteiger partial charge on any atom is 0.179 e. The Balaban J connectivity index is 0.00000312. The summed E-state index contributed by atoms with van der Waals surface area (Å²) >= 11 is 6.28. The highest BCUT2D eigenvalue weighted by molar-refractivity contribution is 6.32. The highest BCUT2D eigenvalue weighted by atomic mass is 35.5. The minimum Gasteiger partial charge on any atom is -0.493 e. The first-order valence-electron chi connectivity index (χ1n) is 8.02. The van der Waals surface area contributed by atoms with Crippen LogP contribution in [-0.2, 0) is 6.54 Å². The van der Waals surface area contributed by atoms with E-state index in [9.17, 15) is 5.11 Å². The van der Waals surface area contributed by atoms with E-state index in [2.05, 4.69) is 5.32 Å². The molecule has 0 bridgehead atoms. The molecule has 2 unspecified atom stereocenters. The molecule has 25 heavy (non-hydrogen) atoms. The maximum absolute atomic E-state index is 10.4. The number of nitrogens with one attached hydrogen (secondary N) is 1. The Kier molecular flexibility index (Phi) is 9.08. The summed E-state index contributed by atoms with van der Waals surface area (Å²) in [6, 6.07) is 13.2. The molecular formula is C19H25Cl2NO3. The summed E-state index contributed by atoms with van der Waals surface area (Å²) in [6.45, 7) is 4.93. The average molecular weight is 386 g/mol. The third-order valence-corrected chi connectivity index (χ3v) is 4.10. The average Bonchev–Trinajstić information content (AvgIpc) is 2.61. The number of rotatable bonds is 8. The number of halogens is 2. The lowest BCUT2D eigenvalue weighted by Gasteiger charge is -2.21. The summed E-state index contributed by atoms with van der Waals surface area (Å²) in [5, 5.41) is 14.2.